The molecule has 108 valence electrons. The van der Waals surface area contributed by atoms with Crippen molar-refractivity contribution >= 4 is 16.9 Å². The van der Waals surface area contributed by atoms with Crippen LogP contribution in [0.25, 0.3) is 11.1 Å². The summed E-state index contributed by atoms with van der Waals surface area (Å²) in [5, 5.41) is 17.6. The summed E-state index contributed by atoms with van der Waals surface area (Å²) in [5.74, 6) is 1.41. The lowest BCUT2D eigenvalue weighted by Gasteiger charge is -2.20. The maximum Gasteiger partial charge on any atom is 0.263 e. The summed E-state index contributed by atoms with van der Waals surface area (Å²) in [7, 11) is 0. The zero-order valence-corrected chi connectivity index (χ0v) is 11.7. The van der Waals surface area contributed by atoms with Gasteiger partial charge in [-0.3, -0.25) is 0 Å². The summed E-state index contributed by atoms with van der Waals surface area (Å²) in [6.45, 7) is 1.97. The molecule has 1 saturated carbocycles. The molecular weight excluding hydrogens is 256 g/mol. The summed E-state index contributed by atoms with van der Waals surface area (Å²) in [6, 6.07) is 0.0190. The van der Waals surface area contributed by atoms with E-state index in [0.29, 0.717) is 17.4 Å². The molecule has 0 amide bonds. The second kappa shape index (κ2) is 5.75. The highest BCUT2D eigenvalue weighted by atomic mass is 16.5. The first-order valence-corrected chi connectivity index (χ1v) is 7.22. The third-order valence-electron chi connectivity index (χ3n) is 4.10. The number of nitrogens with zero attached hydrogens (tertiary/aromatic N) is 3. The second-order valence-electron chi connectivity index (χ2n) is 5.58. The molecule has 2 aromatic heterocycles. The van der Waals surface area contributed by atoms with Crippen molar-refractivity contribution in [3.63, 3.8) is 0 Å². The molecule has 1 aliphatic rings. The first kappa shape index (κ1) is 13.3. The van der Waals surface area contributed by atoms with Crippen LogP contribution in [0.1, 0.15) is 37.8 Å². The highest BCUT2D eigenvalue weighted by Crippen LogP contribution is 2.30. The van der Waals surface area contributed by atoms with Crippen LogP contribution in [0.5, 0.6) is 0 Å². The van der Waals surface area contributed by atoms with Crippen molar-refractivity contribution in [2.75, 3.05) is 11.9 Å². The van der Waals surface area contributed by atoms with E-state index in [-0.39, 0.29) is 12.6 Å². The fraction of sp³-hybridized carbons (Fsp3) is 0.643. The molecule has 0 aromatic carbocycles. The third-order valence-corrected chi connectivity index (χ3v) is 4.10. The SMILES string of the molecule is Cc1noc2ncnc(N[C@@H](CO)CC3CCCC3)c12. The van der Waals surface area contributed by atoms with Crippen molar-refractivity contribution in [1.82, 2.24) is 15.1 Å². The summed E-state index contributed by atoms with van der Waals surface area (Å²) >= 11 is 0. The molecule has 2 N–H and O–H groups in total. The van der Waals surface area contributed by atoms with Crippen molar-refractivity contribution < 1.29 is 9.63 Å². The van der Waals surface area contributed by atoms with E-state index < -0.39 is 0 Å². The van der Waals surface area contributed by atoms with Crippen LogP contribution in [-0.2, 0) is 0 Å². The number of anilines is 1. The minimum atomic E-state index is 0.0190. The van der Waals surface area contributed by atoms with Gasteiger partial charge in [0.1, 0.15) is 17.5 Å². The molecule has 20 heavy (non-hydrogen) atoms. The Kier molecular flexibility index (Phi) is 3.82. The average molecular weight is 276 g/mol. The van der Waals surface area contributed by atoms with E-state index in [1.54, 1.807) is 0 Å². The number of hydrogen-bond donors (Lipinski definition) is 2. The van der Waals surface area contributed by atoms with Crippen molar-refractivity contribution in [1.29, 1.82) is 0 Å². The van der Waals surface area contributed by atoms with E-state index in [4.69, 9.17) is 4.52 Å². The van der Waals surface area contributed by atoms with Gasteiger partial charge in [-0.05, 0) is 19.3 Å². The van der Waals surface area contributed by atoms with Crippen molar-refractivity contribution in [2.45, 2.75) is 45.1 Å². The van der Waals surface area contributed by atoms with E-state index in [9.17, 15) is 5.11 Å². The molecule has 0 spiro atoms. The van der Waals surface area contributed by atoms with Crippen molar-refractivity contribution in [2.24, 2.45) is 5.92 Å². The fourth-order valence-electron chi connectivity index (χ4n) is 3.05. The number of aliphatic hydroxyl groups is 1. The maximum absolute atomic E-state index is 9.59. The molecule has 6 nitrogen and oxygen atoms in total. The number of nitrogens with one attached hydrogen (secondary N) is 1. The van der Waals surface area contributed by atoms with Gasteiger partial charge in [-0.2, -0.15) is 4.98 Å². The molecular formula is C14H20N4O2. The molecule has 0 bridgehead atoms. The van der Waals surface area contributed by atoms with Gasteiger partial charge in [-0.1, -0.05) is 30.8 Å². The summed E-state index contributed by atoms with van der Waals surface area (Å²) < 4.78 is 5.13. The van der Waals surface area contributed by atoms with Gasteiger partial charge in [-0.25, -0.2) is 4.98 Å². The first-order valence-electron chi connectivity index (χ1n) is 7.22. The smallest absolute Gasteiger partial charge is 0.263 e. The van der Waals surface area contributed by atoms with Crippen LogP contribution in [0.15, 0.2) is 10.9 Å². The third kappa shape index (κ3) is 2.60. The molecule has 2 aromatic rings. The molecule has 1 aliphatic carbocycles. The predicted molar refractivity (Wildman–Crippen MR) is 75.4 cm³/mol. The fourth-order valence-corrected chi connectivity index (χ4v) is 3.05. The van der Waals surface area contributed by atoms with Crippen LogP contribution >= 0.6 is 0 Å². The minimum absolute atomic E-state index is 0.0190. The zero-order valence-electron chi connectivity index (χ0n) is 11.7. The number of hydrogen-bond acceptors (Lipinski definition) is 6. The Balaban J connectivity index is 1.78. The highest BCUT2D eigenvalue weighted by Gasteiger charge is 2.21. The van der Waals surface area contributed by atoms with E-state index in [2.05, 4.69) is 20.4 Å². The quantitative estimate of drug-likeness (QED) is 0.871. The second-order valence-corrected chi connectivity index (χ2v) is 5.58. The van der Waals surface area contributed by atoms with Gasteiger partial charge in [0.05, 0.1) is 18.3 Å². The van der Waals surface area contributed by atoms with Crippen LogP contribution in [0.2, 0.25) is 0 Å². The van der Waals surface area contributed by atoms with Gasteiger partial charge in [0.2, 0.25) is 0 Å². The van der Waals surface area contributed by atoms with Gasteiger partial charge in [0.25, 0.3) is 5.71 Å². The lowest BCUT2D eigenvalue weighted by molar-refractivity contribution is 0.254. The Morgan fingerprint density at radius 1 is 1.40 bits per heavy atom. The summed E-state index contributed by atoms with van der Waals surface area (Å²) in [6.07, 6.45) is 7.59. The molecule has 0 aliphatic heterocycles. The van der Waals surface area contributed by atoms with Gasteiger partial charge in [-0.15, -0.1) is 0 Å². The highest BCUT2D eigenvalue weighted by molar-refractivity contribution is 5.87. The van der Waals surface area contributed by atoms with Crippen LogP contribution in [0, 0.1) is 12.8 Å². The van der Waals surface area contributed by atoms with Crippen molar-refractivity contribution in [3.05, 3.63) is 12.0 Å². The Hall–Kier alpha value is -1.69. The summed E-state index contributed by atoms with van der Waals surface area (Å²) in [4.78, 5) is 8.33. The van der Waals surface area contributed by atoms with Crippen LogP contribution < -0.4 is 5.32 Å². The van der Waals surface area contributed by atoms with Gasteiger partial charge >= 0.3 is 0 Å². The molecule has 1 atom stereocenters. The standard InChI is InChI=1S/C14H20N4O2/c1-9-12-13(15-8-16-14(12)20-18-9)17-11(7-19)6-10-4-2-3-5-10/h8,10-11,19H,2-7H2,1H3,(H,15,16,17)/t11-/m1/s1. The number of aryl methyl sites for hydroxylation is 1. The molecule has 0 saturated heterocycles. The normalized spacial score (nSPS) is 17.7. The molecule has 0 radical (unpaired) electrons. The molecule has 3 rings (SSSR count). The summed E-state index contributed by atoms with van der Waals surface area (Å²) in [5.41, 5.74) is 1.25. The Bertz CT molecular complexity index is 578. The number of aromatic nitrogens is 3. The lowest BCUT2D eigenvalue weighted by atomic mass is 9.99. The van der Waals surface area contributed by atoms with Crippen LogP contribution in [0.4, 0.5) is 5.82 Å². The molecule has 6 heteroatoms. The number of rotatable bonds is 5. The average Bonchev–Trinajstić information content (AvgIpc) is 3.09. The maximum atomic E-state index is 9.59. The lowest BCUT2D eigenvalue weighted by Crippen LogP contribution is -2.27. The Morgan fingerprint density at radius 3 is 2.95 bits per heavy atom. The largest absolute Gasteiger partial charge is 0.394 e. The van der Waals surface area contributed by atoms with Crippen LogP contribution in [-0.4, -0.2) is 32.9 Å². The van der Waals surface area contributed by atoms with E-state index in [1.165, 1.54) is 32.0 Å². The molecule has 1 fully saturated rings. The Morgan fingerprint density at radius 2 is 2.20 bits per heavy atom. The zero-order chi connectivity index (χ0) is 13.9. The Labute approximate surface area is 117 Å². The number of fused-ring (bicyclic) bond motifs is 1. The van der Waals surface area contributed by atoms with Crippen molar-refractivity contribution in [3.8, 4) is 0 Å². The monoisotopic (exact) mass is 276 g/mol. The van der Waals surface area contributed by atoms with E-state index in [1.807, 2.05) is 6.92 Å². The van der Waals surface area contributed by atoms with E-state index >= 15 is 0 Å². The first-order chi connectivity index (χ1) is 9.78. The van der Waals surface area contributed by atoms with E-state index in [0.717, 1.165) is 17.5 Å². The predicted octanol–water partition coefficient (Wildman–Crippen LogP) is 2.28. The molecule has 0 unspecified atom stereocenters. The topological polar surface area (TPSA) is 84.1 Å². The molecule has 2 heterocycles. The van der Waals surface area contributed by atoms with Gasteiger partial charge in [0, 0.05) is 0 Å². The van der Waals surface area contributed by atoms with Gasteiger partial charge in [0.15, 0.2) is 0 Å². The number of aliphatic hydroxyl groups excluding tert-OH is 1. The minimum Gasteiger partial charge on any atom is -0.394 e. The van der Waals surface area contributed by atoms with Crippen LogP contribution in [0.3, 0.4) is 0 Å². The van der Waals surface area contributed by atoms with Gasteiger partial charge < -0.3 is 14.9 Å².